The van der Waals surface area contributed by atoms with E-state index in [0.29, 0.717) is 15.9 Å². The van der Waals surface area contributed by atoms with Gasteiger partial charge < -0.3 is 10.3 Å². The molecule has 0 saturated carbocycles. The number of aromatic nitrogens is 1. The molecule has 17 heavy (non-hydrogen) atoms. The van der Waals surface area contributed by atoms with Crippen molar-refractivity contribution in [3.05, 3.63) is 45.6 Å². The van der Waals surface area contributed by atoms with Gasteiger partial charge in [-0.15, -0.1) is 11.8 Å². The minimum absolute atomic E-state index is 0.412. The highest BCUT2D eigenvalue weighted by Gasteiger charge is 2.03. The van der Waals surface area contributed by atoms with Gasteiger partial charge in [0.25, 0.3) is 0 Å². The first-order valence-corrected chi connectivity index (χ1v) is 6.79. The molecule has 0 radical (unpaired) electrons. The van der Waals surface area contributed by atoms with Gasteiger partial charge in [-0.25, -0.2) is 0 Å². The summed E-state index contributed by atoms with van der Waals surface area (Å²) in [6.07, 6.45) is 0. The number of hydrogen-bond acceptors (Lipinski definition) is 4. The normalized spacial score (nSPS) is 10.7. The molecule has 0 atom stereocenters. The molecule has 3 nitrogen and oxygen atoms in total. The molecule has 2 N–H and O–H groups in total. The minimum atomic E-state index is 0.412. The summed E-state index contributed by atoms with van der Waals surface area (Å²) in [5.41, 5.74) is 6.57. The molecule has 0 amide bonds. The summed E-state index contributed by atoms with van der Waals surface area (Å²) >= 11 is 13.5. The highest BCUT2D eigenvalue weighted by Crippen LogP contribution is 2.25. The van der Waals surface area contributed by atoms with Gasteiger partial charge in [0.05, 0.1) is 15.8 Å². The largest absolute Gasteiger partial charge is 0.381 e. The number of nitrogens with zero attached hydrogens (tertiary/aromatic N) is 1. The van der Waals surface area contributed by atoms with E-state index in [9.17, 15) is 0 Å². The van der Waals surface area contributed by atoms with Crippen LogP contribution in [-0.2, 0) is 11.5 Å². The molecule has 0 saturated heterocycles. The summed E-state index contributed by atoms with van der Waals surface area (Å²) in [4.78, 5) is 0. The molecule has 90 valence electrons. The second kappa shape index (κ2) is 5.67. The Bertz CT molecular complexity index is 516. The maximum atomic E-state index is 5.93. The van der Waals surface area contributed by atoms with Crippen LogP contribution in [-0.4, -0.2) is 5.16 Å². The van der Waals surface area contributed by atoms with Crippen LogP contribution in [0.5, 0.6) is 0 Å². The molecule has 0 unspecified atom stereocenters. The molecular weight excluding hydrogens is 279 g/mol. The Morgan fingerprint density at radius 2 is 2.00 bits per heavy atom. The van der Waals surface area contributed by atoms with Gasteiger partial charge in [-0.1, -0.05) is 34.4 Å². The van der Waals surface area contributed by atoms with E-state index < -0.39 is 0 Å². The minimum Gasteiger partial charge on any atom is -0.381 e. The Hall–Kier alpha value is -0.840. The summed E-state index contributed by atoms with van der Waals surface area (Å²) < 4.78 is 5.00. The van der Waals surface area contributed by atoms with Crippen LogP contribution in [0.1, 0.15) is 11.3 Å². The number of thioether (sulfide) groups is 1. The van der Waals surface area contributed by atoms with Gasteiger partial charge in [-0.3, -0.25) is 0 Å². The Labute approximate surface area is 113 Å². The third kappa shape index (κ3) is 3.56. The van der Waals surface area contributed by atoms with Crippen LogP contribution >= 0.6 is 35.0 Å². The van der Waals surface area contributed by atoms with Crippen molar-refractivity contribution in [2.75, 3.05) is 5.73 Å². The van der Waals surface area contributed by atoms with Crippen molar-refractivity contribution in [3.8, 4) is 0 Å². The van der Waals surface area contributed by atoms with Crippen molar-refractivity contribution in [1.82, 2.24) is 5.16 Å². The van der Waals surface area contributed by atoms with Gasteiger partial charge in [0.2, 0.25) is 0 Å². The number of halogens is 2. The summed E-state index contributed by atoms with van der Waals surface area (Å²) in [6, 6.07) is 7.34. The molecular formula is C11H10Cl2N2OS. The Morgan fingerprint density at radius 1 is 1.18 bits per heavy atom. The first-order chi connectivity index (χ1) is 8.15. The van der Waals surface area contributed by atoms with Gasteiger partial charge in [0, 0.05) is 11.8 Å². The zero-order chi connectivity index (χ0) is 12.3. The lowest BCUT2D eigenvalue weighted by molar-refractivity contribution is 0.398. The standard InChI is InChI=1S/C11H10Cl2N2OS/c12-9-2-1-7(3-10(9)13)5-17-6-8-4-11(14)15-16-8/h1-4H,5-6H2,(H2,14,15). The van der Waals surface area contributed by atoms with Gasteiger partial charge in [-0.2, -0.15) is 0 Å². The average Bonchev–Trinajstić information content (AvgIpc) is 2.70. The molecule has 0 bridgehead atoms. The Morgan fingerprint density at radius 3 is 2.65 bits per heavy atom. The Kier molecular flexibility index (Phi) is 4.20. The molecule has 0 aliphatic carbocycles. The highest BCUT2D eigenvalue weighted by atomic mass is 35.5. The first-order valence-electron chi connectivity index (χ1n) is 4.88. The second-order valence-corrected chi connectivity index (χ2v) is 5.26. The number of benzene rings is 1. The molecule has 2 aromatic rings. The van der Waals surface area contributed by atoms with E-state index in [1.807, 2.05) is 12.1 Å². The van der Waals surface area contributed by atoms with E-state index in [1.54, 1.807) is 23.9 Å². The third-order valence-corrected chi connectivity index (χ3v) is 3.84. The quantitative estimate of drug-likeness (QED) is 0.924. The molecule has 0 aliphatic rings. The van der Waals surface area contributed by atoms with E-state index in [2.05, 4.69) is 5.16 Å². The van der Waals surface area contributed by atoms with E-state index in [4.69, 9.17) is 33.5 Å². The number of nitrogens with two attached hydrogens (primary N) is 1. The van der Waals surface area contributed by atoms with Crippen molar-refractivity contribution < 1.29 is 4.52 Å². The van der Waals surface area contributed by atoms with Gasteiger partial charge >= 0.3 is 0 Å². The van der Waals surface area contributed by atoms with Crippen molar-refractivity contribution in [2.24, 2.45) is 0 Å². The van der Waals surface area contributed by atoms with Crippen LogP contribution in [0, 0.1) is 0 Å². The number of nitrogen functional groups attached to an aromatic ring is 1. The zero-order valence-electron chi connectivity index (χ0n) is 8.82. The van der Waals surface area contributed by atoms with E-state index in [-0.39, 0.29) is 0 Å². The van der Waals surface area contributed by atoms with Crippen molar-refractivity contribution >= 4 is 40.8 Å². The van der Waals surface area contributed by atoms with Crippen LogP contribution in [0.2, 0.25) is 10.0 Å². The van der Waals surface area contributed by atoms with Crippen LogP contribution in [0.3, 0.4) is 0 Å². The number of hydrogen-bond donors (Lipinski definition) is 1. The molecule has 0 spiro atoms. The van der Waals surface area contributed by atoms with Crippen molar-refractivity contribution in [2.45, 2.75) is 11.5 Å². The van der Waals surface area contributed by atoms with Crippen LogP contribution in [0.25, 0.3) is 0 Å². The predicted molar refractivity (Wildman–Crippen MR) is 72.4 cm³/mol. The lowest BCUT2D eigenvalue weighted by Gasteiger charge is -2.02. The molecule has 1 aromatic heterocycles. The fraction of sp³-hybridized carbons (Fsp3) is 0.182. The molecule has 0 aliphatic heterocycles. The summed E-state index contributed by atoms with van der Waals surface area (Å²) in [6.45, 7) is 0. The zero-order valence-corrected chi connectivity index (χ0v) is 11.1. The van der Waals surface area contributed by atoms with Crippen LogP contribution in [0.4, 0.5) is 5.82 Å². The summed E-state index contributed by atoms with van der Waals surface area (Å²) in [5.74, 6) is 2.74. The molecule has 2 rings (SSSR count). The SMILES string of the molecule is Nc1cc(CSCc2ccc(Cl)c(Cl)c2)on1. The third-order valence-electron chi connectivity index (χ3n) is 2.07. The van der Waals surface area contributed by atoms with E-state index >= 15 is 0 Å². The average molecular weight is 289 g/mol. The second-order valence-electron chi connectivity index (χ2n) is 3.46. The van der Waals surface area contributed by atoms with Crippen LogP contribution < -0.4 is 5.73 Å². The first kappa shape index (κ1) is 12.6. The Balaban J connectivity index is 1.87. The molecule has 1 heterocycles. The summed E-state index contributed by atoms with van der Waals surface area (Å²) in [7, 11) is 0. The molecule has 1 aromatic carbocycles. The smallest absolute Gasteiger partial charge is 0.167 e. The maximum absolute atomic E-state index is 5.93. The number of rotatable bonds is 4. The lowest BCUT2D eigenvalue weighted by Crippen LogP contribution is -1.83. The fourth-order valence-corrected chi connectivity index (χ4v) is 2.47. The molecule has 0 fully saturated rings. The van der Waals surface area contributed by atoms with Gasteiger partial charge in [0.1, 0.15) is 5.76 Å². The molecule has 6 heteroatoms. The topological polar surface area (TPSA) is 52.0 Å². The van der Waals surface area contributed by atoms with E-state index in [1.165, 1.54) is 0 Å². The highest BCUT2D eigenvalue weighted by molar-refractivity contribution is 7.97. The van der Waals surface area contributed by atoms with Crippen molar-refractivity contribution in [3.63, 3.8) is 0 Å². The lowest BCUT2D eigenvalue weighted by atomic mass is 10.2. The monoisotopic (exact) mass is 288 g/mol. The van der Waals surface area contributed by atoms with E-state index in [0.717, 1.165) is 22.8 Å². The van der Waals surface area contributed by atoms with Gasteiger partial charge in [0.15, 0.2) is 5.82 Å². The number of anilines is 1. The van der Waals surface area contributed by atoms with Crippen molar-refractivity contribution in [1.29, 1.82) is 0 Å². The van der Waals surface area contributed by atoms with Crippen LogP contribution in [0.15, 0.2) is 28.8 Å². The van der Waals surface area contributed by atoms with Gasteiger partial charge in [-0.05, 0) is 17.7 Å². The predicted octanol–water partition coefficient (Wildman–Crippen LogP) is 4.00. The fourth-order valence-electron chi connectivity index (χ4n) is 1.30. The maximum Gasteiger partial charge on any atom is 0.167 e. The summed E-state index contributed by atoms with van der Waals surface area (Å²) in [5, 5.41) is 4.77.